The molecule has 2 rings (SSSR count). The Morgan fingerprint density at radius 3 is 2.04 bits per heavy atom. The van der Waals surface area contributed by atoms with Gasteiger partial charge in [-0.25, -0.2) is 0 Å². The molecule has 0 saturated carbocycles. The molecule has 4 nitrogen and oxygen atoms in total. The van der Waals surface area contributed by atoms with Gasteiger partial charge in [0.25, 0.3) is 8.32 Å². The molecule has 0 aliphatic heterocycles. The highest BCUT2D eigenvalue weighted by molar-refractivity contribution is 6.74. The Kier molecular flexibility index (Phi) is 6.15. The number of hydrogen-bond donors (Lipinski definition) is 3. The largest absolute Gasteiger partial charge is 0.543 e. The van der Waals surface area contributed by atoms with Crippen LogP contribution in [-0.4, -0.2) is 23.6 Å². The summed E-state index contributed by atoms with van der Waals surface area (Å²) >= 11 is 0. The summed E-state index contributed by atoms with van der Waals surface area (Å²) in [4.78, 5) is 0. The zero-order valence-electron chi connectivity index (χ0n) is 15.0. The Labute approximate surface area is 150 Å². The van der Waals surface area contributed by atoms with E-state index in [4.69, 9.17) is 4.43 Å². The van der Waals surface area contributed by atoms with Gasteiger partial charge in [0.2, 0.25) is 0 Å². The standard InChI is InChI=1S/C20H26O4Si/c1-4-25(5-2,6-3)24-20-9-7-8-19(23)18(20)11-10-15-12-16(21)14-17(22)13-15/h7-14,21-23H,4-6H2,1-3H3/b11-10+. The van der Waals surface area contributed by atoms with E-state index in [1.54, 1.807) is 36.4 Å². The van der Waals surface area contributed by atoms with E-state index in [9.17, 15) is 15.3 Å². The lowest BCUT2D eigenvalue weighted by atomic mass is 10.1. The van der Waals surface area contributed by atoms with Crippen molar-refractivity contribution in [1.29, 1.82) is 0 Å². The topological polar surface area (TPSA) is 69.9 Å². The minimum Gasteiger partial charge on any atom is -0.543 e. The number of rotatable bonds is 7. The Hall–Kier alpha value is -2.40. The lowest BCUT2D eigenvalue weighted by molar-refractivity contribution is 0.450. The predicted molar refractivity (Wildman–Crippen MR) is 105 cm³/mol. The highest BCUT2D eigenvalue weighted by atomic mass is 28.4. The summed E-state index contributed by atoms with van der Waals surface area (Å²) in [7, 11) is -1.86. The second-order valence-electron chi connectivity index (χ2n) is 6.15. The van der Waals surface area contributed by atoms with Crippen molar-refractivity contribution in [3.05, 3.63) is 47.5 Å². The van der Waals surface area contributed by atoms with Crippen LogP contribution in [0.25, 0.3) is 12.2 Å². The van der Waals surface area contributed by atoms with E-state index >= 15 is 0 Å². The van der Waals surface area contributed by atoms with Crippen LogP contribution in [0.4, 0.5) is 0 Å². The molecule has 2 aromatic rings. The van der Waals surface area contributed by atoms with Crippen molar-refractivity contribution < 1.29 is 19.7 Å². The molecule has 0 fully saturated rings. The van der Waals surface area contributed by atoms with Crippen molar-refractivity contribution in [2.45, 2.75) is 38.9 Å². The van der Waals surface area contributed by atoms with Crippen molar-refractivity contribution in [1.82, 2.24) is 0 Å². The number of hydrogen-bond acceptors (Lipinski definition) is 4. The van der Waals surface area contributed by atoms with E-state index in [0.29, 0.717) is 16.9 Å². The van der Waals surface area contributed by atoms with E-state index in [1.807, 2.05) is 6.07 Å². The highest BCUT2D eigenvalue weighted by Crippen LogP contribution is 2.34. The van der Waals surface area contributed by atoms with Crippen molar-refractivity contribution in [2.75, 3.05) is 0 Å². The van der Waals surface area contributed by atoms with Gasteiger partial charge < -0.3 is 19.7 Å². The molecule has 5 heteroatoms. The van der Waals surface area contributed by atoms with E-state index in [1.165, 1.54) is 6.07 Å². The van der Waals surface area contributed by atoms with Gasteiger partial charge in [-0.1, -0.05) is 32.9 Å². The Morgan fingerprint density at radius 1 is 0.880 bits per heavy atom. The zero-order chi connectivity index (χ0) is 18.4. The molecule has 0 amide bonds. The maximum Gasteiger partial charge on any atom is 0.250 e. The summed E-state index contributed by atoms with van der Waals surface area (Å²) in [6.45, 7) is 6.48. The van der Waals surface area contributed by atoms with E-state index in [0.717, 1.165) is 18.1 Å². The van der Waals surface area contributed by atoms with E-state index < -0.39 is 8.32 Å². The van der Waals surface area contributed by atoms with Gasteiger partial charge in [-0.2, -0.15) is 0 Å². The van der Waals surface area contributed by atoms with Crippen LogP contribution in [0.2, 0.25) is 18.1 Å². The van der Waals surface area contributed by atoms with Crippen molar-refractivity contribution >= 4 is 20.5 Å². The van der Waals surface area contributed by atoms with Crippen LogP contribution in [0.1, 0.15) is 31.9 Å². The lowest BCUT2D eigenvalue weighted by Gasteiger charge is -2.30. The smallest absolute Gasteiger partial charge is 0.250 e. The van der Waals surface area contributed by atoms with Gasteiger partial charge >= 0.3 is 0 Å². The van der Waals surface area contributed by atoms with Crippen molar-refractivity contribution in [2.24, 2.45) is 0 Å². The molecule has 0 unspecified atom stereocenters. The molecule has 25 heavy (non-hydrogen) atoms. The van der Waals surface area contributed by atoms with Crippen LogP contribution in [0.15, 0.2) is 36.4 Å². The van der Waals surface area contributed by atoms with Gasteiger partial charge in [0.05, 0.1) is 5.56 Å². The first kappa shape index (κ1) is 18.9. The van der Waals surface area contributed by atoms with Crippen molar-refractivity contribution in [3.8, 4) is 23.0 Å². The molecule has 0 atom stereocenters. The molecule has 0 bridgehead atoms. The summed E-state index contributed by atoms with van der Waals surface area (Å²) in [6, 6.07) is 12.7. The first-order chi connectivity index (χ1) is 11.9. The normalized spacial score (nSPS) is 11.8. The third kappa shape index (κ3) is 4.57. The second kappa shape index (κ2) is 8.12. The maximum absolute atomic E-state index is 10.3. The summed E-state index contributed by atoms with van der Waals surface area (Å²) in [6.07, 6.45) is 3.48. The molecule has 0 heterocycles. The van der Waals surface area contributed by atoms with Crippen LogP contribution in [-0.2, 0) is 0 Å². The first-order valence-corrected chi connectivity index (χ1v) is 11.2. The molecule has 0 aromatic heterocycles. The van der Waals surface area contributed by atoms with Crippen LogP contribution >= 0.6 is 0 Å². The SMILES string of the molecule is CC[Si](CC)(CC)Oc1cccc(O)c1/C=C/c1cc(O)cc(O)c1. The molecule has 0 saturated heterocycles. The Bertz CT molecular complexity index is 723. The van der Waals surface area contributed by atoms with Gasteiger partial charge in [0.15, 0.2) is 0 Å². The fraction of sp³-hybridized carbons (Fsp3) is 0.300. The molecule has 0 radical (unpaired) electrons. The molecular weight excluding hydrogens is 332 g/mol. The molecule has 0 aliphatic rings. The summed E-state index contributed by atoms with van der Waals surface area (Å²) < 4.78 is 6.43. The second-order valence-corrected chi connectivity index (χ2v) is 10.8. The molecule has 0 aliphatic carbocycles. The predicted octanol–water partition coefficient (Wildman–Crippen LogP) is 5.36. The van der Waals surface area contributed by atoms with E-state index in [-0.39, 0.29) is 17.2 Å². The monoisotopic (exact) mass is 358 g/mol. The summed E-state index contributed by atoms with van der Waals surface area (Å²) in [5, 5.41) is 29.5. The van der Waals surface area contributed by atoms with Gasteiger partial charge in [-0.3, -0.25) is 0 Å². The van der Waals surface area contributed by atoms with Crippen LogP contribution in [0, 0.1) is 0 Å². The molecule has 134 valence electrons. The Morgan fingerprint density at radius 2 is 1.48 bits per heavy atom. The maximum atomic E-state index is 10.3. The van der Waals surface area contributed by atoms with Gasteiger partial charge in [-0.15, -0.1) is 0 Å². The van der Waals surface area contributed by atoms with E-state index in [2.05, 4.69) is 20.8 Å². The zero-order valence-corrected chi connectivity index (χ0v) is 16.0. The molecule has 2 aromatic carbocycles. The van der Waals surface area contributed by atoms with Crippen molar-refractivity contribution in [3.63, 3.8) is 0 Å². The van der Waals surface area contributed by atoms with Crippen LogP contribution < -0.4 is 4.43 Å². The molecule has 3 N–H and O–H groups in total. The van der Waals surface area contributed by atoms with Crippen LogP contribution in [0.5, 0.6) is 23.0 Å². The van der Waals surface area contributed by atoms with Crippen LogP contribution in [0.3, 0.4) is 0 Å². The quantitative estimate of drug-likeness (QED) is 0.460. The minimum atomic E-state index is -1.86. The number of phenolic OH excluding ortho intramolecular Hbond substituents is 3. The summed E-state index contributed by atoms with van der Waals surface area (Å²) in [5.41, 5.74) is 1.24. The first-order valence-electron chi connectivity index (χ1n) is 8.65. The van der Waals surface area contributed by atoms with Gasteiger partial charge in [0.1, 0.15) is 23.0 Å². The number of benzene rings is 2. The third-order valence-electron chi connectivity index (χ3n) is 4.67. The average molecular weight is 359 g/mol. The van der Waals surface area contributed by atoms with Gasteiger partial charge in [0, 0.05) is 6.07 Å². The fourth-order valence-electron chi connectivity index (χ4n) is 2.88. The third-order valence-corrected chi connectivity index (χ3v) is 9.19. The fourth-order valence-corrected chi connectivity index (χ4v) is 5.46. The van der Waals surface area contributed by atoms with Gasteiger partial charge in [-0.05, 0) is 54.0 Å². The highest BCUT2D eigenvalue weighted by Gasteiger charge is 2.31. The minimum absolute atomic E-state index is 0.0113. The number of aromatic hydroxyl groups is 3. The molecular formula is C20H26O4Si. The lowest BCUT2D eigenvalue weighted by Crippen LogP contribution is -2.39. The number of phenols is 3. The Balaban J connectivity index is 2.39. The average Bonchev–Trinajstić information content (AvgIpc) is 2.58. The summed E-state index contributed by atoms with van der Waals surface area (Å²) in [5.74, 6) is 0.799. The molecule has 0 spiro atoms.